The predicted molar refractivity (Wildman–Crippen MR) is 156 cm³/mol. The van der Waals surface area contributed by atoms with Crippen LogP contribution in [-0.4, -0.2) is 75.6 Å². The number of piperazine rings is 1. The fourth-order valence-corrected chi connectivity index (χ4v) is 6.61. The molecule has 222 valence electrons. The predicted octanol–water partition coefficient (Wildman–Crippen LogP) is 4.43. The van der Waals surface area contributed by atoms with Gasteiger partial charge in [-0.3, -0.25) is 14.5 Å². The first-order chi connectivity index (χ1) is 19.8. The lowest BCUT2D eigenvalue weighted by molar-refractivity contribution is -0.163. The monoisotopic (exact) mass is 564 g/mol. The quantitative estimate of drug-likeness (QED) is 0.440. The molecule has 5 rings (SSSR count). The number of benzene rings is 1. The second-order valence-corrected chi connectivity index (χ2v) is 11.9. The molecule has 1 aromatic carbocycles. The summed E-state index contributed by atoms with van der Waals surface area (Å²) >= 11 is 0. The van der Waals surface area contributed by atoms with E-state index in [0.717, 1.165) is 43.4 Å². The summed E-state index contributed by atoms with van der Waals surface area (Å²) in [5.41, 5.74) is -0.613. The molecule has 2 aliphatic heterocycles. The van der Waals surface area contributed by atoms with Gasteiger partial charge in [0.15, 0.2) is 0 Å². The highest BCUT2D eigenvalue weighted by Gasteiger charge is 2.54. The summed E-state index contributed by atoms with van der Waals surface area (Å²) in [6.07, 6.45) is 9.60. The van der Waals surface area contributed by atoms with Gasteiger partial charge in [-0.05, 0) is 61.9 Å². The normalized spacial score (nSPS) is 22.4. The SMILES string of the molecule is CCCCN1C(=O)[C@@H](CC2(O)CCCCC2)NC(=O)C12CCN(Cc1ccc(Oc3ccc(OC)cc3)nc1)CC2. The number of hydrogen-bond donors (Lipinski definition) is 2. The van der Waals surface area contributed by atoms with Crippen molar-refractivity contribution in [3.63, 3.8) is 0 Å². The Kier molecular flexibility index (Phi) is 9.14. The van der Waals surface area contributed by atoms with Crippen molar-refractivity contribution in [2.45, 2.75) is 94.9 Å². The molecule has 3 fully saturated rings. The molecule has 9 heteroatoms. The lowest BCUT2D eigenvalue weighted by Crippen LogP contribution is -2.73. The van der Waals surface area contributed by atoms with Crippen molar-refractivity contribution >= 4 is 11.8 Å². The number of carbonyl (C=O) groups is 2. The Bertz CT molecular complexity index is 1170. The number of methoxy groups -OCH3 is 1. The molecule has 0 radical (unpaired) electrons. The molecule has 0 bridgehead atoms. The van der Waals surface area contributed by atoms with Gasteiger partial charge in [0.2, 0.25) is 17.7 Å². The maximum Gasteiger partial charge on any atom is 0.246 e. The molecule has 41 heavy (non-hydrogen) atoms. The van der Waals surface area contributed by atoms with E-state index in [0.29, 0.717) is 69.9 Å². The number of carbonyl (C=O) groups excluding carboxylic acids is 2. The number of piperidine rings is 1. The van der Waals surface area contributed by atoms with E-state index in [-0.39, 0.29) is 11.8 Å². The van der Waals surface area contributed by atoms with E-state index in [2.05, 4.69) is 22.1 Å². The van der Waals surface area contributed by atoms with Crippen molar-refractivity contribution in [2.24, 2.45) is 0 Å². The lowest BCUT2D eigenvalue weighted by atomic mass is 9.77. The zero-order valence-corrected chi connectivity index (χ0v) is 24.4. The van der Waals surface area contributed by atoms with Gasteiger partial charge < -0.3 is 24.8 Å². The number of aromatic nitrogens is 1. The number of nitrogens with one attached hydrogen (secondary N) is 1. The molecule has 2 saturated heterocycles. The average Bonchev–Trinajstić information content (AvgIpc) is 2.98. The van der Waals surface area contributed by atoms with E-state index in [9.17, 15) is 14.7 Å². The van der Waals surface area contributed by atoms with Gasteiger partial charge in [-0.2, -0.15) is 0 Å². The Morgan fingerprint density at radius 2 is 1.71 bits per heavy atom. The fourth-order valence-electron chi connectivity index (χ4n) is 6.61. The van der Waals surface area contributed by atoms with Gasteiger partial charge in [0, 0.05) is 44.9 Å². The highest BCUT2D eigenvalue weighted by Crippen LogP contribution is 2.37. The van der Waals surface area contributed by atoms with Gasteiger partial charge in [-0.25, -0.2) is 4.98 Å². The first-order valence-electron chi connectivity index (χ1n) is 15.2. The van der Waals surface area contributed by atoms with Gasteiger partial charge in [0.05, 0.1) is 12.7 Å². The van der Waals surface area contributed by atoms with Gasteiger partial charge in [0.25, 0.3) is 0 Å². The molecule has 1 aliphatic carbocycles. The van der Waals surface area contributed by atoms with E-state index in [1.165, 1.54) is 0 Å². The van der Waals surface area contributed by atoms with Gasteiger partial charge in [-0.1, -0.05) is 38.7 Å². The number of likely N-dealkylation sites (tertiary alicyclic amines) is 1. The van der Waals surface area contributed by atoms with Crippen molar-refractivity contribution in [3.8, 4) is 17.4 Å². The minimum Gasteiger partial charge on any atom is -0.497 e. The average molecular weight is 565 g/mol. The summed E-state index contributed by atoms with van der Waals surface area (Å²) in [7, 11) is 1.63. The highest BCUT2D eigenvalue weighted by atomic mass is 16.5. The van der Waals surface area contributed by atoms with Crippen LogP contribution in [0.2, 0.25) is 0 Å². The number of rotatable bonds is 10. The Labute approximate surface area is 243 Å². The largest absolute Gasteiger partial charge is 0.497 e. The van der Waals surface area contributed by atoms with Gasteiger partial charge in [0.1, 0.15) is 23.1 Å². The van der Waals surface area contributed by atoms with E-state index in [4.69, 9.17) is 9.47 Å². The summed E-state index contributed by atoms with van der Waals surface area (Å²) in [5, 5.41) is 14.2. The third-order valence-electron chi connectivity index (χ3n) is 9.08. The number of ether oxygens (including phenoxy) is 2. The molecule has 3 aliphatic rings. The zero-order valence-electron chi connectivity index (χ0n) is 24.4. The molecule has 2 amide bonds. The first-order valence-corrected chi connectivity index (χ1v) is 15.2. The number of pyridine rings is 1. The number of amides is 2. The molecule has 1 atom stereocenters. The molecule has 2 aromatic rings. The highest BCUT2D eigenvalue weighted by molar-refractivity contribution is 6.00. The van der Waals surface area contributed by atoms with Crippen LogP contribution < -0.4 is 14.8 Å². The van der Waals surface area contributed by atoms with Crippen molar-refractivity contribution in [2.75, 3.05) is 26.7 Å². The van der Waals surface area contributed by atoms with Crippen LogP contribution in [0.1, 0.15) is 76.7 Å². The van der Waals surface area contributed by atoms with Crippen LogP contribution in [0.15, 0.2) is 42.6 Å². The molecular weight excluding hydrogens is 520 g/mol. The molecule has 3 heterocycles. The summed E-state index contributed by atoms with van der Waals surface area (Å²) < 4.78 is 11.0. The fraction of sp³-hybridized carbons (Fsp3) is 0.594. The minimum atomic E-state index is -0.862. The van der Waals surface area contributed by atoms with Crippen LogP contribution in [0.4, 0.5) is 0 Å². The smallest absolute Gasteiger partial charge is 0.246 e. The van der Waals surface area contributed by atoms with Crippen LogP contribution in [-0.2, 0) is 16.1 Å². The summed E-state index contributed by atoms with van der Waals surface area (Å²) in [6.45, 7) is 4.82. The Morgan fingerprint density at radius 1 is 1.00 bits per heavy atom. The Hall–Kier alpha value is -3.17. The molecular formula is C32H44N4O5. The molecule has 1 spiro atoms. The zero-order chi connectivity index (χ0) is 28.9. The number of nitrogens with zero attached hydrogens (tertiary/aromatic N) is 3. The molecule has 2 N–H and O–H groups in total. The summed E-state index contributed by atoms with van der Waals surface area (Å²) in [5.74, 6) is 1.90. The van der Waals surface area contributed by atoms with Crippen molar-refractivity contribution in [3.05, 3.63) is 48.2 Å². The van der Waals surface area contributed by atoms with E-state index in [1.807, 2.05) is 47.5 Å². The van der Waals surface area contributed by atoms with E-state index >= 15 is 0 Å². The van der Waals surface area contributed by atoms with Crippen LogP contribution in [0.3, 0.4) is 0 Å². The van der Waals surface area contributed by atoms with Gasteiger partial charge >= 0.3 is 0 Å². The number of aliphatic hydroxyl groups is 1. The van der Waals surface area contributed by atoms with Crippen molar-refractivity contribution < 1.29 is 24.2 Å². The van der Waals surface area contributed by atoms with E-state index < -0.39 is 17.2 Å². The van der Waals surface area contributed by atoms with Gasteiger partial charge in [-0.15, -0.1) is 0 Å². The van der Waals surface area contributed by atoms with Crippen molar-refractivity contribution in [1.29, 1.82) is 0 Å². The van der Waals surface area contributed by atoms with Crippen molar-refractivity contribution in [1.82, 2.24) is 20.1 Å². The Balaban J connectivity index is 1.20. The topological polar surface area (TPSA) is 104 Å². The van der Waals surface area contributed by atoms with E-state index in [1.54, 1.807) is 7.11 Å². The minimum absolute atomic E-state index is 0.0258. The number of hydrogen-bond acceptors (Lipinski definition) is 7. The molecule has 9 nitrogen and oxygen atoms in total. The first kappa shape index (κ1) is 29.3. The maximum absolute atomic E-state index is 13.8. The molecule has 1 saturated carbocycles. The van der Waals surface area contributed by atoms with Crippen LogP contribution in [0.25, 0.3) is 0 Å². The standard InChI is InChI=1S/C32H44N4O5/c1-3-4-18-36-29(37)27(21-31(39)14-6-5-7-15-31)34-30(38)32(36)16-19-35(20-17-32)23-24-8-13-28(33-22-24)41-26-11-9-25(40-2)10-12-26/h8-13,22,27,39H,3-7,14-21,23H2,1-2H3,(H,34,38)/t27-/m1/s1. The summed E-state index contributed by atoms with van der Waals surface area (Å²) in [4.78, 5) is 36.2. The van der Waals surface area contributed by atoms with Crippen LogP contribution in [0.5, 0.6) is 17.4 Å². The second kappa shape index (κ2) is 12.8. The third-order valence-corrected chi connectivity index (χ3v) is 9.08. The molecule has 1 aromatic heterocycles. The number of unbranched alkanes of at least 4 members (excludes halogenated alkanes) is 1. The van der Waals surface area contributed by atoms with Crippen LogP contribution >= 0.6 is 0 Å². The Morgan fingerprint density at radius 3 is 2.34 bits per heavy atom. The van der Waals surface area contributed by atoms with Crippen LogP contribution in [0, 0.1) is 0 Å². The summed E-state index contributed by atoms with van der Waals surface area (Å²) in [6, 6.07) is 10.6. The second-order valence-electron chi connectivity index (χ2n) is 11.9. The lowest BCUT2D eigenvalue weighted by Gasteiger charge is -2.52. The third kappa shape index (κ3) is 6.67. The molecule has 0 unspecified atom stereocenters. The maximum atomic E-state index is 13.8.